The molecule has 0 aromatic heterocycles. The summed E-state index contributed by atoms with van der Waals surface area (Å²) in [4.78, 5) is 41.5. The summed E-state index contributed by atoms with van der Waals surface area (Å²) in [6.07, 6.45) is 4.66. The molecule has 1 saturated heterocycles. The Morgan fingerprint density at radius 3 is 2.48 bits per heavy atom. The second-order valence-corrected chi connectivity index (χ2v) is 7.89. The van der Waals surface area contributed by atoms with E-state index in [1.807, 2.05) is 24.3 Å². The Bertz CT molecular complexity index is 764. The van der Waals surface area contributed by atoms with Gasteiger partial charge in [-0.05, 0) is 50.9 Å². The molecule has 144 valence electrons. The fourth-order valence-corrected chi connectivity index (χ4v) is 4.77. The predicted octanol–water partition coefficient (Wildman–Crippen LogP) is 1.48. The van der Waals surface area contributed by atoms with Crippen molar-refractivity contribution in [2.45, 2.75) is 44.1 Å². The smallest absolute Gasteiger partial charge is 0.250 e. The Labute approximate surface area is 158 Å². The summed E-state index contributed by atoms with van der Waals surface area (Å²) < 4.78 is 0. The van der Waals surface area contributed by atoms with Crippen LogP contribution in [0.2, 0.25) is 0 Å². The molecule has 3 amide bonds. The van der Waals surface area contributed by atoms with E-state index in [2.05, 4.69) is 10.2 Å². The van der Waals surface area contributed by atoms with Crippen molar-refractivity contribution in [3.05, 3.63) is 24.3 Å². The van der Waals surface area contributed by atoms with Gasteiger partial charge in [0.25, 0.3) is 5.91 Å². The molecule has 1 aromatic carbocycles. The van der Waals surface area contributed by atoms with Crippen molar-refractivity contribution in [3.8, 4) is 0 Å². The Balaban J connectivity index is 1.57. The zero-order chi connectivity index (χ0) is 19.0. The highest BCUT2D eigenvalue weighted by Gasteiger charge is 2.52. The van der Waals surface area contributed by atoms with Gasteiger partial charge < -0.3 is 11.1 Å². The van der Waals surface area contributed by atoms with E-state index < -0.39 is 5.54 Å². The largest absolute Gasteiger partial charge is 0.369 e. The summed E-state index contributed by atoms with van der Waals surface area (Å²) >= 11 is 0. The van der Waals surface area contributed by atoms with Crippen LogP contribution in [0, 0.1) is 5.92 Å². The Hall–Kier alpha value is -2.41. The molecule has 7 heteroatoms. The molecule has 2 heterocycles. The highest BCUT2D eigenvalue weighted by atomic mass is 16.2. The summed E-state index contributed by atoms with van der Waals surface area (Å²) in [6.45, 7) is 1.61. The van der Waals surface area contributed by atoms with Gasteiger partial charge in [-0.3, -0.25) is 24.2 Å². The molecule has 3 aliphatic rings. The third-order valence-electron chi connectivity index (χ3n) is 6.27. The maximum absolute atomic E-state index is 13.4. The lowest BCUT2D eigenvalue weighted by Crippen LogP contribution is -2.62. The summed E-state index contributed by atoms with van der Waals surface area (Å²) in [5.74, 6) is -0.470. The third kappa shape index (κ3) is 3.10. The second kappa shape index (κ2) is 6.96. The van der Waals surface area contributed by atoms with E-state index in [1.54, 1.807) is 4.90 Å². The van der Waals surface area contributed by atoms with Crippen molar-refractivity contribution in [3.63, 3.8) is 0 Å². The number of amides is 3. The monoisotopic (exact) mass is 370 g/mol. The van der Waals surface area contributed by atoms with Crippen LogP contribution in [-0.4, -0.2) is 47.8 Å². The molecule has 0 atom stereocenters. The van der Waals surface area contributed by atoms with Crippen molar-refractivity contribution in [2.75, 3.05) is 29.9 Å². The predicted molar refractivity (Wildman–Crippen MR) is 102 cm³/mol. The van der Waals surface area contributed by atoms with Gasteiger partial charge in [0, 0.05) is 5.92 Å². The van der Waals surface area contributed by atoms with E-state index in [9.17, 15) is 14.4 Å². The number of benzene rings is 1. The summed E-state index contributed by atoms with van der Waals surface area (Å²) in [5, 5.41) is 3.00. The first kappa shape index (κ1) is 18.0. The number of fused-ring (bicyclic) bond motifs is 1. The highest BCUT2D eigenvalue weighted by Crippen LogP contribution is 2.45. The fraction of sp³-hybridized carbons (Fsp3) is 0.550. The lowest BCUT2D eigenvalue weighted by atomic mass is 9.89. The third-order valence-corrected chi connectivity index (χ3v) is 6.27. The van der Waals surface area contributed by atoms with Crippen LogP contribution in [0.3, 0.4) is 0 Å². The SMILES string of the molecule is NC(=O)C1CCN(CC(=O)N2c3ccccc3NC(=O)C23CCCC3)CC1. The number of nitrogens with zero attached hydrogens (tertiary/aromatic N) is 2. The van der Waals surface area contributed by atoms with Gasteiger partial charge in [0.1, 0.15) is 5.54 Å². The van der Waals surface area contributed by atoms with E-state index >= 15 is 0 Å². The molecule has 27 heavy (non-hydrogen) atoms. The molecule has 0 unspecified atom stereocenters. The van der Waals surface area contributed by atoms with Crippen molar-refractivity contribution < 1.29 is 14.4 Å². The minimum Gasteiger partial charge on any atom is -0.369 e. The van der Waals surface area contributed by atoms with Crippen LogP contribution in [-0.2, 0) is 14.4 Å². The Morgan fingerprint density at radius 2 is 1.81 bits per heavy atom. The molecule has 1 spiro atoms. The van der Waals surface area contributed by atoms with Gasteiger partial charge in [0.15, 0.2) is 0 Å². The van der Waals surface area contributed by atoms with Gasteiger partial charge in [-0.25, -0.2) is 0 Å². The van der Waals surface area contributed by atoms with Crippen LogP contribution in [0.4, 0.5) is 11.4 Å². The highest BCUT2D eigenvalue weighted by molar-refractivity contribution is 6.15. The average Bonchev–Trinajstić information content (AvgIpc) is 3.13. The lowest BCUT2D eigenvalue weighted by Gasteiger charge is -2.45. The molecule has 4 rings (SSSR count). The molecule has 1 aliphatic carbocycles. The maximum atomic E-state index is 13.4. The molecular weight excluding hydrogens is 344 g/mol. The van der Waals surface area contributed by atoms with E-state index in [0.29, 0.717) is 44.5 Å². The van der Waals surface area contributed by atoms with E-state index in [4.69, 9.17) is 5.73 Å². The normalized spacial score (nSPS) is 22.5. The minimum absolute atomic E-state index is 0.0447. The zero-order valence-corrected chi connectivity index (χ0v) is 15.4. The number of anilines is 2. The van der Waals surface area contributed by atoms with Gasteiger partial charge in [0.2, 0.25) is 11.8 Å². The number of carbonyl (C=O) groups excluding carboxylic acids is 3. The number of primary amides is 1. The summed E-state index contributed by atoms with van der Waals surface area (Å²) in [6, 6.07) is 7.51. The molecule has 3 N–H and O–H groups in total. The van der Waals surface area contributed by atoms with Gasteiger partial charge in [0.05, 0.1) is 17.9 Å². The Morgan fingerprint density at radius 1 is 1.15 bits per heavy atom. The number of rotatable bonds is 3. The summed E-state index contributed by atoms with van der Waals surface area (Å²) in [7, 11) is 0. The number of hydrogen-bond donors (Lipinski definition) is 2. The van der Waals surface area contributed by atoms with Crippen molar-refractivity contribution in [1.29, 1.82) is 0 Å². The first-order valence-corrected chi connectivity index (χ1v) is 9.76. The van der Waals surface area contributed by atoms with Crippen LogP contribution < -0.4 is 16.0 Å². The van der Waals surface area contributed by atoms with Crippen molar-refractivity contribution in [2.24, 2.45) is 11.7 Å². The molecule has 7 nitrogen and oxygen atoms in total. The van der Waals surface area contributed by atoms with Crippen LogP contribution in [0.1, 0.15) is 38.5 Å². The quantitative estimate of drug-likeness (QED) is 0.842. The van der Waals surface area contributed by atoms with Gasteiger partial charge >= 0.3 is 0 Å². The number of para-hydroxylation sites is 2. The molecule has 2 fully saturated rings. The maximum Gasteiger partial charge on any atom is 0.250 e. The van der Waals surface area contributed by atoms with Gasteiger partial charge in [-0.2, -0.15) is 0 Å². The number of nitrogens with one attached hydrogen (secondary N) is 1. The van der Waals surface area contributed by atoms with E-state index in [1.165, 1.54) is 0 Å². The molecule has 1 aromatic rings. The molecule has 0 bridgehead atoms. The number of nitrogens with two attached hydrogens (primary N) is 1. The van der Waals surface area contributed by atoms with Gasteiger partial charge in [-0.15, -0.1) is 0 Å². The molecular formula is C20H26N4O3. The molecule has 0 radical (unpaired) electrons. The van der Waals surface area contributed by atoms with Gasteiger partial charge in [-0.1, -0.05) is 25.0 Å². The van der Waals surface area contributed by atoms with Crippen molar-refractivity contribution in [1.82, 2.24) is 4.90 Å². The van der Waals surface area contributed by atoms with Crippen LogP contribution in [0.25, 0.3) is 0 Å². The Kier molecular flexibility index (Phi) is 4.63. The number of piperidine rings is 1. The van der Waals surface area contributed by atoms with Crippen molar-refractivity contribution >= 4 is 29.1 Å². The van der Waals surface area contributed by atoms with Crippen LogP contribution in [0.15, 0.2) is 24.3 Å². The molecule has 1 saturated carbocycles. The van der Waals surface area contributed by atoms with E-state index in [0.717, 1.165) is 18.5 Å². The summed E-state index contributed by atoms with van der Waals surface area (Å²) in [5.41, 5.74) is 6.12. The molecule has 2 aliphatic heterocycles. The first-order chi connectivity index (χ1) is 13.0. The lowest BCUT2D eigenvalue weighted by molar-refractivity contribution is -0.128. The van der Waals surface area contributed by atoms with E-state index in [-0.39, 0.29) is 30.2 Å². The number of carbonyl (C=O) groups is 3. The fourth-order valence-electron chi connectivity index (χ4n) is 4.77. The standard InChI is InChI=1S/C20H26N4O3/c21-18(26)14-7-11-23(12-8-14)13-17(25)24-16-6-2-1-5-15(16)22-19(27)20(24)9-3-4-10-20/h1-2,5-6,14H,3-4,7-13H2,(H2,21,26)(H,22,27). The minimum atomic E-state index is -0.767. The average molecular weight is 370 g/mol. The van der Waals surface area contributed by atoms with Crippen LogP contribution in [0.5, 0.6) is 0 Å². The first-order valence-electron chi connectivity index (χ1n) is 9.76. The number of hydrogen-bond acceptors (Lipinski definition) is 4. The number of likely N-dealkylation sites (tertiary alicyclic amines) is 1. The van der Waals surface area contributed by atoms with Crippen LogP contribution >= 0.6 is 0 Å². The second-order valence-electron chi connectivity index (χ2n) is 7.89. The topological polar surface area (TPSA) is 95.7 Å². The zero-order valence-electron chi connectivity index (χ0n) is 15.4.